The number of nitrogens with one attached hydrogen (secondary N) is 2. The highest BCUT2D eigenvalue weighted by Gasteiger charge is 2.24. The van der Waals surface area contributed by atoms with Gasteiger partial charge in [0.1, 0.15) is 6.04 Å². The van der Waals surface area contributed by atoms with Gasteiger partial charge in [0.15, 0.2) is 10.8 Å². The van der Waals surface area contributed by atoms with Gasteiger partial charge in [-0.15, -0.1) is 11.3 Å². The Kier molecular flexibility index (Phi) is 3.81. The zero-order chi connectivity index (χ0) is 13.1. The Morgan fingerprint density at radius 3 is 3.06 bits per heavy atom. The highest BCUT2D eigenvalue weighted by Crippen LogP contribution is 2.24. The number of thiazole rings is 1. The van der Waals surface area contributed by atoms with Gasteiger partial charge in [-0.05, 0) is 19.8 Å². The number of ether oxygens (including phenoxy) is 1. The SMILES string of the molecule is COC(=O)c1nc(NC2CCCNC2=O)sc1C. The highest BCUT2D eigenvalue weighted by molar-refractivity contribution is 7.15. The van der Waals surface area contributed by atoms with Crippen LogP contribution in [0.4, 0.5) is 5.13 Å². The molecule has 0 spiro atoms. The van der Waals surface area contributed by atoms with Gasteiger partial charge in [-0.25, -0.2) is 9.78 Å². The highest BCUT2D eigenvalue weighted by atomic mass is 32.1. The van der Waals surface area contributed by atoms with Crippen molar-refractivity contribution in [3.05, 3.63) is 10.6 Å². The zero-order valence-corrected chi connectivity index (χ0v) is 11.1. The van der Waals surface area contributed by atoms with Crippen LogP contribution in [0.5, 0.6) is 0 Å². The summed E-state index contributed by atoms with van der Waals surface area (Å²) in [5, 5.41) is 6.43. The van der Waals surface area contributed by atoms with Gasteiger partial charge in [-0.2, -0.15) is 0 Å². The molecule has 0 bridgehead atoms. The molecule has 0 aliphatic carbocycles. The Hall–Kier alpha value is -1.63. The van der Waals surface area contributed by atoms with Crippen molar-refractivity contribution in [1.29, 1.82) is 0 Å². The lowest BCUT2D eigenvalue weighted by Crippen LogP contribution is -2.44. The van der Waals surface area contributed by atoms with Crippen molar-refractivity contribution >= 4 is 28.3 Å². The first-order valence-electron chi connectivity index (χ1n) is 5.72. The molecule has 1 saturated heterocycles. The third kappa shape index (κ3) is 2.61. The Morgan fingerprint density at radius 2 is 2.39 bits per heavy atom. The van der Waals surface area contributed by atoms with E-state index in [9.17, 15) is 9.59 Å². The van der Waals surface area contributed by atoms with Crippen LogP contribution >= 0.6 is 11.3 Å². The van der Waals surface area contributed by atoms with Crippen molar-refractivity contribution in [2.45, 2.75) is 25.8 Å². The van der Waals surface area contributed by atoms with Crippen LogP contribution in [0, 0.1) is 6.92 Å². The summed E-state index contributed by atoms with van der Waals surface area (Å²) in [6, 6.07) is -0.269. The lowest BCUT2D eigenvalue weighted by Gasteiger charge is -2.22. The summed E-state index contributed by atoms with van der Waals surface area (Å²) < 4.78 is 4.64. The number of hydrogen-bond acceptors (Lipinski definition) is 6. The van der Waals surface area contributed by atoms with Gasteiger partial charge >= 0.3 is 5.97 Å². The van der Waals surface area contributed by atoms with Crippen molar-refractivity contribution in [2.75, 3.05) is 19.0 Å². The van der Waals surface area contributed by atoms with E-state index in [0.717, 1.165) is 24.3 Å². The van der Waals surface area contributed by atoms with E-state index in [-0.39, 0.29) is 11.9 Å². The molecule has 1 aliphatic rings. The minimum Gasteiger partial charge on any atom is -0.464 e. The van der Waals surface area contributed by atoms with E-state index in [1.807, 2.05) is 0 Å². The summed E-state index contributed by atoms with van der Waals surface area (Å²) in [6.45, 7) is 2.53. The largest absolute Gasteiger partial charge is 0.464 e. The topological polar surface area (TPSA) is 80.3 Å². The lowest BCUT2D eigenvalue weighted by atomic mass is 10.1. The molecule has 18 heavy (non-hydrogen) atoms. The molecule has 0 saturated carbocycles. The van der Waals surface area contributed by atoms with Gasteiger partial charge < -0.3 is 15.4 Å². The number of hydrogen-bond donors (Lipinski definition) is 2. The first-order valence-corrected chi connectivity index (χ1v) is 6.53. The first-order chi connectivity index (χ1) is 8.61. The van der Waals surface area contributed by atoms with E-state index in [4.69, 9.17) is 0 Å². The summed E-state index contributed by atoms with van der Waals surface area (Å²) >= 11 is 1.35. The molecule has 1 aromatic rings. The Labute approximate surface area is 109 Å². The number of piperidine rings is 1. The number of amides is 1. The van der Waals surface area contributed by atoms with Gasteiger partial charge in [0.05, 0.1) is 7.11 Å². The molecule has 1 unspecified atom stereocenters. The van der Waals surface area contributed by atoms with E-state index >= 15 is 0 Å². The van der Waals surface area contributed by atoms with E-state index < -0.39 is 5.97 Å². The van der Waals surface area contributed by atoms with Crippen LogP contribution in [-0.2, 0) is 9.53 Å². The summed E-state index contributed by atoms with van der Waals surface area (Å²) in [6.07, 6.45) is 1.72. The third-order valence-electron chi connectivity index (χ3n) is 2.76. The van der Waals surface area contributed by atoms with Crippen LogP contribution in [-0.4, -0.2) is 36.6 Å². The molecule has 6 nitrogen and oxygen atoms in total. The maximum absolute atomic E-state index is 11.6. The molecule has 98 valence electrons. The van der Waals surface area contributed by atoms with Crippen molar-refractivity contribution in [3.63, 3.8) is 0 Å². The summed E-state index contributed by atoms with van der Waals surface area (Å²) in [4.78, 5) is 28.0. The van der Waals surface area contributed by atoms with Crippen LogP contribution in [0.1, 0.15) is 28.2 Å². The Bertz CT molecular complexity index is 472. The minimum absolute atomic E-state index is 0.0197. The third-order valence-corrected chi connectivity index (χ3v) is 3.66. The number of rotatable bonds is 3. The van der Waals surface area contributed by atoms with E-state index in [0.29, 0.717) is 10.8 Å². The van der Waals surface area contributed by atoms with Gasteiger partial charge in [0.25, 0.3) is 0 Å². The maximum atomic E-state index is 11.6. The van der Waals surface area contributed by atoms with E-state index in [1.165, 1.54) is 18.4 Å². The van der Waals surface area contributed by atoms with Crippen molar-refractivity contribution in [1.82, 2.24) is 10.3 Å². The molecule has 1 aliphatic heterocycles. The molecule has 1 atom stereocenters. The fourth-order valence-electron chi connectivity index (χ4n) is 1.80. The maximum Gasteiger partial charge on any atom is 0.357 e. The van der Waals surface area contributed by atoms with Crippen molar-refractivity contribution in [3.8, 4) is 0 Å². The van der Waals surface area contributed by atoms with E-state index in [2.05, 4.69) is 20.4 Å². The van der Waals surface area contributed by atoms with Gasteiger partial charge in [-0.1, -0.05) is 0 Å². The minimum atomic E-state index is -0.454. The molecule has 1 amide bonds. The normalized spacial score (nSPS) is 19.2. The second kappa shape index (κ2) is 5.34. The fourth-order valence-corrected chi connectivity index (χ4v) is 2.66. The van der Waals surface area contributed by atoms with E-state index in [1.54, 1.807) is 6.92 Å². The number of esters is 1. The standard InChI is InChI=1S/C11H15N3O3S/c1-6-8(10(16)17-2)14-11(18-6)13-7-4-3-5-12-9(7)15/h7H,3-5H2,1-2H3,(H,12,15)(H,13,14). The second-order valence-corrected chi connectivity index (χ2v) is 5.25. The van der Waals surface area contributed by atoms with Gasteiger partial charge in [-0.3, -0.25) is 4.79 Å². The molecule has 7 heteroatoms. The number of aryl methyl sites for hydroxylation is 1. The summed E-state index contributed by atoms with van der Waals surface area (Å²) in [5.74, 6) is -0.474. The average Bonchev–Trinajstić information content (AvgIpc) is 2.72. The quantitative estimate of drug-likeness (QED) is 0.798. The molecule has 2 heterocycles. The van der Waals surface area contributed by atoms with Crippen molar-refractivity contribution in [2.24, 2.45) is 0 Å². The Balaban J connectivity index is 2.10. The molecule has 0 radical (unpaired) electrons. The van der Waals surface area contributed by atoms with Crippen LogP contribution in [0.15, 0.2) is 0 Å². The van der Waals surface area contributed by atoms with Gasteiger partial charge in [0, 0.05) is 11.4 Å². The summed E-state index contributed by atoms with van der Waals surface area (Å²) in [5.41, 5.74) is 0.307. The predicted molar refractivity (Wildman–Crippen MR) is 67.8 cm³/mol. The zero-order valence-electron chi connectivity index (χ0n) is 10.3. The molecule has 1 fully saturated rings. The number of carbonyl (C=O) groups is 2. The average molecular weight is 269 g/mol. The lowest BCUT2D eigenvalue weighted by molar-refractivity contribution is -0.123. The molecular weight excluding hydrogens is 254 g/mol. The smallest absolute Gasteiger partial charge is 0.357 e. The molecule has 2 N–H and O–H groups in total. The molecule has 1 aromatic heterocycles. The number of methoxy groups -OCH3 is 1. The number of nitrogens with zero attached hydrogens (tertiary/aromatic N) is 1. The van der Waals surface area contributed by atoms with Crippen LogP contribution < -0.4 is 10.6 Å². The molecule has 2 rings (SSSR count). The number of aromatic nitrogens is 1. The summed E-state index contributed by atoms with van der Waals surface area (Å²) in [7, 11) is 1.32. The molecule has 0 aromatic carbocycles. The number of carbonyl (C=O) groups excluding carboxylic acids is 2. The predicted octanol–water partition coefficient (Wildman–Crippen LogP) is 0.929. The van der Waals surface area contributed by atoms with Crippen LogP contribution in [0.3, 0.4) is 0 Å². The second-order valence-electron chi connectivity index (χ2n) is 4.05. The monoisotopic (exact) mass is 269 g/mol. The fraction of sp³-hybridized carbons (Fsp3) is 0.545. The van der Waals surface area contributed by atoms with Crippen molar-refractivity contribution < 1.29 is 14.3 Å². The van der Waals surface area contributed by atoms with Gasteiger partial charge in [0.2, 0.25) is 5.91 Å². The first kappa shape index (κ1) is 12.8. The molecular formula is C11H15N3O3S. The van der Waals surface area contributed by atoms with Crippen LogP contribution in [0.2, 0.25) is 0 Å². The Morgan fingerprint density at radius 1 is 1.61 bits per heavy atom. The number of anilines is 1. The van der Waals surface area contributed by atoms with Crippen LogP contribution in [0.25, 0.3) is 0 Å².